The van der Waals surface area contributed by atoms with Gasteiger partial charge in [-0.25, -0.2) is 4.79 Å². The van der Waals surface area contributed by atoms with Gasteiger partial charge in [0, 0.05) is 18.0 Å². The number of alkyl halides is 1. The summed E-state index contributed by atoms with van der Waals surface area (Å²) in [5.41, 5.74) is -0.506. The number of likely N-dealkylation sites (N-methyl/N-ethyl adjacent to an activating group) is 1. The Hall–Kier alpha value is -0.400. The van der Waals surface area contributed by atoms with Crippen molar-refractivity contribution in [2.24, 2.45) is 0 Å². The van der Waals surface area contributed by atoms with Crippen molar-refractivity contribution >= 4 is 28.7 Å². The zero-order valence-corrected chi connectivity index (χ0v) is 28.4. The summed E-state index contributed by atoms with van der Waals surface area (Å²) in [6.07, 6.45) is -0.362. The molecule has 0 aliphatic carbocycles. The zero-order chi connectivity index (χ0) is 31.0. The number of amides is 1. The van der Waals surface area contributed by atoms with Crippen LogP contribution in [0.4, 0.5) is 4.79 Å². The molecule has 0 fully saturated rings. The van der Waals surface area contributed by atoms with Crippen LogP contribution in [0.2, 0.25) is 0 Å². The van der Waals surface area contributed by atoms with Crippen molar-refractivity contribution < 1.29 is 56.9 Å². The number of carbonyl (C=O) groups is 1. The third kappa shape index (κ3) is 34.1. The number of carbonyl (C=O) groups excluding carboxylic acids is 1. The fraction of sp³-hybridized carbons (Fsp3) is 0.964. The number of ether oxygens (including phenoxy) is 11. The predicted octanol–water partition coefficient (Wildman–Crippen LogP) is 2.45. The minimum atomic E-state index is -0.506. The molecule has 14 heteroatoms. The molecule has 0 atom stereocenters. The lowest BCUT2D eigenvalue weighted by molar-refractivity contribution is -0.0265. The summed E-state index contributed by atoms with van der Waals surface area (Å²) in [6.45, 7) is 16.5. The van der Waals surface area contributed by atoms with Gasteiger partial charge in [0.05, 0.1) is 132 Å². The van der Waals surface area contributed by atoms with E-state index in [-0.39, 0.29) is 6.09 Å². The van der Waals surface area contributed by atoms with E-state index in [1.54, 1.807) is 7.05 Å². The average molecular weight is 726 g/mol. The molecular weight excluding hydrogens is 669 g/mol. The molecule has 0 aromatic heterocycles. The quantitative estimate of drug-likeness (QED) is 0.0576. The van der Waals surface area contributed by atoms with Crippen LogP contribution >= 0.6 is 22.6 Å². The minimum absolute atomic E-state index is 0.362. The first-order chi connectivity index (χ1) is 20.4. The Labute approximate surface area is 266 Å². The van der Waals surface area contributed by atoms with Gasteiger partial charge in [-0.2, -0.15) is 0 Å². The number of hydrogen-bond acceptors (Lipinski definition) is 12. The van der Waals surface area contributed by atoms with E-state index < -0.39 is 5.60 Å². The van der Waals surface area contributed by atoms with Crippen molar-refractivity contribution in [2.45, 2.75) is 26.4 Å². The van der Waals surface area contributed by atoms with Crippen LogP contribution in [-0.4, -0.2) is 167 Å². The van der Waals surface area contributed by atoms with Crippen LogP contribution in [0.15, 0.2) is 0 Å². The molecule has 13 nitrogen and oxygen atoms in total. The van der Waals surface area contributed by atoms with Gasteiger partial charge in [0.25, 0.3) is 0 Å². The molecule has 42 heavy (non-hydrogen) atoms. The highest BCUT2D eigenvalue weighted by atomic mass is 127. The van der Waals surface area contributed by atoms with Crippen LogP contribution in [0.5, 0.6) is 0 Å². The maximum atomic E-state index is 11.8. The topological polar surface area (TPSA) is 122 Å². The van der Waals surface area contributed by atoms with Gasteiger partial charge < -0.3 is 57.0 Å². The van der Waals surface area contributed by atoms with Crippen molar-refractivity contribution in [3.05, 3.63) is 0 Å². The van der Waals surface area contributed by atoms with Gasteiger partial charge in [0.1, 0.15) is 5.60 Å². The molecule has 0 N–H and O–H groups in total. The fourth-order valence-electron chi connectivity index (χ4n) is 2.77. The monoisotopic (exact) mass is 725 g/mol. The van der Waals surface area contributed by atoms with Crippen molar-refractivity contribution in [3.63, 3.8) is 0 Å². The van der Waals surface area contributed by atoms with Crippen molar-refractivity contribution in [1.82, 2.24) is 4.90 Å². The van der Waals surface area contributed by atoms with E-state index in [2.05, 4.69) is 22.6 Å². The van der Waals surface area contributed by atoms with Crippen LogP contribution in [0.3, 0.4) is 0 Å². The van der Waals surface area contributed by atoms with E-state index in [1.807, 2.05) is 20.8 Å². The Kier molecular flexibility index (Phi) is 31.7. The molecule has 0 aromatic rings. The zero-order valence-electron chi connectivity index (χ0n) is 26.3. The molecule has 0 unspecified atom stereocenters. The third-order valence-electron chi connectivity index (χ3n) is 4.85. The van der Waals surface area contributed by atoms with E-state index >= 15 is 0 Å². The lowest BCUT2D eigenvalue weighted by Gasteiger charge is -2.24. The summed E-state index contributed by atoms with van der Waals surface area (Å²) >= 11 is 2.28. The molecule has 0 saturated heterocycles. The molecule has 0 aromatic carbocycles. The SMILES string of the molecule is CN(CCOCCOCCOCCOCCOCCOCCOCCOCCOCCOCCI)C(=O)OC(C)(C)C. The number of halogens is 1. The molecule has 252 valence electrons. The first-order valence-electron chi connectivity index (χ1n) is 14.6. The molecule has 0 aliphatic heterocycles. The van der Waals surface area contributed by atoms with Crippen LogP contribution in [-0.2, 0) is 52.1 Å². The Morgan fingerprint density at radius 1 is 0.476 bits per heavy atom. The second-order valence-corrected chi connectivity index (χ2v) is 10.8. The first kappa shape index (κ1) is 41.6. The number of hydrogen-bond donors (Lipinski definition) is 0. The average Bonchev–Trinajstić information content (AvgIpc) is 2.95. The molecule has 0 heterocycles. The number of nitrogens with zero attached hydrogens (tertiary/aromatic N) is 1. The van der Waals surface area contributed by atoms with Gasteiger partial charge >= 0.3 is 6.09 Å². The maximum absolute atomic E-state index is 11.8. The molecule has 0 radical (unpaired) electrons. The second kappa shape index (κ2) is 32.0. The summed E-state index contributed by atoms with van der Waals surface area (Å²) in [6, 6.07) is 0. The standard InChI is InChI=1S/C28H56INO12/c1-28(2,3)42-27(31)30(4)6-8-33-10-12-35-14-16-37-18-20-39-22-24-41-26-25-40-23-21-38-19-17-36-15-13-34-11-9-32-7-5-29/h5-26H2,1-4H3. The highest BCUT2D eigenvalue weighted by Crippen LogP contribution is 2.08. The second-order valence-electron chi connectivity index (χ2n) is 9.71. The maximum Gasteiger partial charge on any atom is 0.410 e. The molecular formula is C28H56INO12. The molecule has 0 spiro atoms. The summed E-state index contributed by atoms with van der Waals surface area (Å²) in [4.78, 5) is 13.3. The molecule has 0 saturated carbocycles. The highest BCUT2D eigenvalue weighted by Gasteiger charge is 2.19. The predicted molar refractivity (Wildman–Crippen MR) is 166 cm³/mol. The van der Waals surface area contributed by atoms with Gasteiger partial charge in [-0.05, 0) is 20.8 Å². The van der Waals surface area contributed by atoms with Gasteiger partial charge in [0.2, 0.25) is 0 Å². The largest absolute Gasteiger partial charge is 0.444 e. The van der Waals surface area contributed by atoms with Crippen molar-refractivity contribution in [1.29, 1.82) is 0 Å². The Morgan fingerprint density at radius 2 is 0.714 bits per heavy atom. The molecule has 0 rings (SSSR count). The van der Waals surface area contributed by atoms with Crippen LogP contribution < -0.4 is 0 Å². The van der Waals surface area contributed by atoms with Gasteiger partial charge in [-0.15, -0.1) is 0 Å². The third-order valence-corrected chi connectivity index (χ3v) is 5.29. The van der Waals surface area contributed by atoms with Crippen LogP contribution in [0.1, 0.15) is 20.8 Å². The summed E-state index contributed by atoms with van der Waals surface area (Å²) < 4.78 is 60.7. The van der Waals surface area contributed by atoms with Crippen molar-refractivity contribution in [2.75, 3.05) is 150 Å². The minimum Gasteiger partial charge on any atom is -0.444 e. The normalized spacial score (nSPS) is 11.7. The number of rotatable bonds is 32. The molecule has 0 aliphatic rings. The van der Waals surface area contributed by atoms with Crippen LogP contribution in [0, 0.1) is 0 Å². The smallest absolute Gasteiger partial charge is 0.410 e. The fourth-order valence-corrected chi connectivity index (χ4v) is 3.08. The lowest BCUT2D eigenvalue weighted by Crippen LogP contribution is -2.36. The van der Waals surface area contributed by atoms with E-state index in [1.165, 1.54) is 4.90 Å². The highest BCUT2D eigenvalue weighted by molar-refractivity contribution is 14.1. The van der Waals surface area contributed by atoms with Crippen molar-refractivity contribution in [3.8, 4) is 0 Å². The molecule has 0 bridgehead atoms. The van der Waals surface area contributed by atoms with E-state index in [9.17, 15) is 4.79 Å². The van der Waals surface area contributed by atoms with E-state index in [0.29, 0.717) is 132 Å². The summed E-state index contributed by atoms with van der Waals surface area (Å²) in [5, 5.41) is 0. The lowest BCUT2D eigenvalue weighted by atomic mass is 10.2. The Bertz CT molecular complexity index is 571. The Balaban J connectivity index is 3.15. The van der Waals surface area contributed by atoms with E-state index in [0.717, 1.165) is 11.0 Å². The van der Waals surface area contributed by atoms with Gasteiger partial charge in [-0.1, -0.05) is 22.6 Å². The van der Waals surface area contributed by atoms with Gasteiger partial charge in [-0.3, -0.25) is 0 Å². The Morgan fingerprint density at radius 3 is 0.952 bits per heavy atom. The first-order valence-corrected chi connectivity index (χ1v) is 16.2. The van der Waals surface area contributed by atoms with Gasteiger partial charge in [0.15, 0.2) is 0 Å². The summed E-state index contributed by atoms with van der Waals surface area (Å²) in [5.74, 6) is 0. The molecule has 1 amide bonds. The van der Waals surface area contributed by atoms with Crippen LogP contribution in [0.25, 0.3) is 0 Å². The van der Waals surface area contributed by atoms with E-state index in [4.69, 9.17) is 52.1 Å². The summed E-state index contributed by atoms with van der Waals surface area (Å²) in [7, 11) is 1.68.